The number of thiocarbonyl (C=S) groups is 1. The molecule has 6 nitrogen and oxygen atoms in total. The second-order valence-electron chi connectivity index (χ2n) is 5.82. The summed E-state index contributed by atoms with van der Waals surface area (Å²) < 4.78 is 5.17. The molecular formula is C17H24N3O3S-. The molecule has 24 heavy (non-hydrogen) atoms. The highest BCUT2D eigenvalue weighted by Crippen LogP contribution is 2.20. The van der Waals surface area contributed by atoms with Crippen LogP contribution in [0.3, 0.4) is 0 Å². The van der Waals surface area contributed by atoms with Crippen molar-refractivity contribution < 1.29 is 14.6 Å². The van der Waals surface area contributed by atoms with Crippen LogP contribution in [0, 0.1) is 5.92 Å². The second-order valence-corrected chi connectivity index (χ2v) is 6.23. The number of carbonyl (C=O) groups excluding carboxylic acids is 1. The molecule has 1 aromatic carbocycles. The van der Waals surface area contributed by atoms with E-state index in [1.165, 1.54) is 7.11 Å². The molecule has 0 aromatic heterocycles. The Labute approximate surface area is 148 Å². The highest BCUT2D eigenvalue weighted by atomic mass is 32.1. The lowest BCUT2D eigenvalue weighted by atomic mass is 10.0. The van der Waals surface area contributed by atoms with Gasteiger partial charge in [-0.15, -0.1) is 0 Å². The van der Waals surface area contributed by atoms with Gasteiger partial charge in [0.25, 0.3) is 0 Å². The van der Waals surface area contributed by atoms with Gasteiger partial charge >= 0.3 is 0 Å². The van der Waals surface area contributed by atoms with Gasteiger partial charge in [0.05, 0.1) is 12.8 Å². The van der Waals surface area contributed by atoms with Crippen molar-refractivity contribution in [3.8, 4) is 5.75 Å². The molecule has 0 saturated carbocycles. The van der Waals surface area contributed by atoms with Gasteiger partial charge in [0, 0.05) is 24.5 Å². The van der Waals surface area contributed by atoms with Gasteiger partial charge in [-0.05, 0) is 55.2 Å². The van der Waals surface area contributed by atoms with Crippen molar-refractivity contribution in [2.24, 2.45) is 11.0 Å². The maximum Gasteiger partial charge on any atom is 0.186 e. The number of hydrogen-bond donors (Lipinski definition) is 2. The lowest BCUT2D eigenvalue weighted by Crippen LogP contribution is -2.33. The van der Waals surface area contributed by atoms with Crippen LogP contribution in [0.5, 0.6) is 5.75 Å². The Hall–Kier alpha value is -2.15. The molecule has 0 saturated heterocycles. The summed E-state index contributed by atoms with van der Waals surface area (Å²) in [6.07, 6.45) is 0.808. The molecule has 0 unspecified atom stereocenters. The van der Waals surface area contributed by atoms with Gasteiger partial charge in [0.1, 0.15) is 5.75 Å². The fourth-order valence-corrected chi connectivity index (χ4v) is 2.16. The summed E-state index contributed by atoms with van der Waals surface area (Å²) in [5, 5.41) is 18.6. The Morgan fingerprint density at radius 1 is 1.42 bits per heavy atom. The Balaban J connectivity index is 2.73. The Bertz CT molecular complexity index is 615. The zero-order valence-corrected chi connectivity index (χ0v) is 15.3. The monoisotopic (exact) mass is 350 g/mol. The maximum atomic E-state index is 10.8. The van der Waals surface area contributed by atoms with Crippen LogP contribution in [0.1, 0.15) is 38.3 Å². The van der Waals surface area contributed by atoms with E-state index in [9.17, 15) is 9.90 Å². The zero-order chi connectivity index (χ0) is 18.1. The minimum Gasteiger partial charge on any atom is -0.550 e. The maximum absolute atomic E-state index is 10.8. The molecule has 0 heterocycles. The summed E-state index contributed by atoms with van der Waals surface area (Å²) in [6.45, 7) is 6.90. The van der Waals surface area contributed by atoms with E-state index in [2.05, 4.69) is 29.7 Å². The van der Waals surface area contributed by atoms with Crippen LogP contribution in [0.2, 0.25) is 0 Å². The molecule has 0 aliphatic heterocycles. The standard InChI is InChI=1S/C17H25N3O3S/c1-11(2)7-8-18-17(24)20-19-12(3)13-5-6-15(23-4)14(9-13)10-16(21)22/h5-6,9,11H,7-8,10H2,1-4H3,(H,21,22)(H2,18,20,24)/p-1/b19-12-. The van der Waals surface area contributed by atoms with Crippen LogP contribution >= 0.6 is 12.2 Å². The SMILES string of the molecule is COc1ccc(/C(C)=N\NC(=S)NCCC(C)C)cc1CC(=O)[O-]. The summed E-state index contributed by atoms with van der Waals surface area (Å²) >= 11 is 5.16. The zero-order valence-electron chi connectivity index (χ0n) is 14.5. The molecule has 0 aliphatic carbocycles. The van der Waals surface area contributed by atoms with E-state index in [1.807, 2.05) is 13.0 Å². The number of rotatable bonds is 8. The minimum atomic E-state index is -1.16. The second kappa shape index (κ2) is 9.87. The molecule has 1 aromatic rings. The van der Waals surface area contributed by atoms with Crippen LogP contribution in [-0.2, 0) is 11.2 Å². The quantitative estimate of drug-likeness (QED) is 0.417. The van der Waals surface area contributed by atoms with Crippen LogP contribution < -0.4 is 20.6 Å². The smallest absolute Gasteiger partial charge is 0.186 e. The molecule has 0 fully saturated rings. The van der Waals surface area contributed by atoms with E-state index >= 15 is 0 Å². The lowest BCUT2D eigenvalue weighted by molar-refractivity contribution is -0.304. The van der Waals surface area contributed by atoms with Gasteiger partial charge in [0.15, 0.2) is 5.11 Å². The van der Waals surface area contributed by atoms with Crippen LogP contribution in [0.25, 0.3) is 0 Å². The van der Waals surface area contributed by atoms with Gasteiger partial charge < -0.3 is 20.0 Å². The molecule has 2 N–H and O–H groups in total. The average molecular weight is 350 g/mol. The third kappa shape index (κ3) is 6.95. The molecule has 0 atom stereocenters. The summed E-state index contributed by atoms with van der Waals surface area (Å²) in [4.78, 5) is 10.8. The van der Waals surface area contributed by atoms with Gasteiger partial charge in [-0.2, -0.15) is 5.10 Å². The third-order valence-corrected chi connectivity index (χ3v) is 3.60. The molecule has 1 rings (SSSR count). The molecule has 0 spiro atoms. The van der Waals surface area contributed by atoms with E-state index in [-0.39, 0.29) is 6.42 Å². The number of ether oxygens (including phenoxy) is 1. The van der Waals surface area contributed by atoms with Gasteiger partial charge in [-0.3, -0.25) is 5.43 Å². The summed E-state index contributed by atoms with van der Waals surface area (Å²) in [6, 6.07) is 5.25. The fraction of sp³-hybridized carbons (Fsp3) is 0.471. The highest BCUT2D eigenvalue weighted by Gasteiger charge is 2.07. The van der Waals surface area contributed by atoms with Crippen molar-refractivity contribution in [3.05, 3.63) is 29.3 Å². The number of hydrogen-bond acceptors (Lipinski definition) is 5. The van der Waals surface area contributed by atoms with Crippen molar-refractivity contribution in [3.63, 3.8) is 0 Å². The number of benzene rings is 1. The first-order chi connectivity index (χ1) is 11.3. The van der Waals surface area contributed by atoms with E-state index < -0.39 is 5.97 Å². The lowest BCUT2D eigenvalue weighted by Gasteiger charge is -2.12. The first-order valence-corrected chi connectivity index (χ1v) is 8.19. The van der Waals surface area contributed by atoms with E-state index in [0.29, 0.717) is 28.1 Å². The van der Waals surface area contributed by atoms with Crippen molar-refractivity contribution in [2.45, 2.75) is 33.6 Å². The molecular weight excluding hydrogens is 326 g/mol. The summed E-state index contributed by atoms with van der Waals surface area (Å²) in [5.74, 6) is -0.0461. The number of hydrazone groups is 1. The van der Waals surface area contributed by atoms with Crippen molar-refractivity contribution in [1.82, 2.24) is 10.7 Å². The highest BCUT2D eigenvalue weighted by molar-refractivity contribution is 7.80. The van der Waals surface area contributed by atoms with E-state index in [0.717, 1.165) is 18.5 Å². The van der Waals surface area contributed by atoms with Gasteiger partial charge in [0.2, 0.25) is 0 Å². The predicted octanol–water partition coefficient (Wildman–Crippen LogP) is 1.22. The third-order valence-electron chi connectivity index (χ3n) is 3.37. The fourth-order valence-electron chi connectivity index (χ4n) is 2.01. The summed E-state index contributed by atoms with van der Waals surface area (Å²) in [7, 11) is 1.50. The Morgan fingerprint density at radius 3 is 2.71 bits per heavy atom. The molecule has 0 aliphatic rings. The van der Waals surface area contributed by atoms with Crippen LogP contribution in [-0.4, -0.2) is 30.4 Å². The number of carboxylic acids is 1. The van der Waals surface area contributed by atoms with Crippen molar-refractivity contribution in [2.75, 3.05) is 13.7 Å². The largest absolute Gasteiger partial charge is 0.550 e. The average Bonchev–Trinajstić information content (AvgIpc) is 2.51. The number of carboxylic acid groups (broad SMARTS) is 1. The number of aliphatic carboxylic acids is 1. The summed E-state index contributed by atoms with van der Waals surface area (Å²) in [5.41, 5.74) is 4.80. The number of nitrogens with one attached hydrogen (secondary N) is 2. The number of methoxy groups -OCH3 is 1. The first kappa shape index (κ1) is 19.9. The van der Waals surface area contributed by atoms with Crippen LogP contribution in [0.4, 0.5) is 0 Å². The molecule has 0 bridgehead atoms. The van der Waals surface area contributed by atoms with Gasteiger partial charge in [-0.25, -0.2) is 0 Å². The molecule has 0 amide bonds. The molecule has 7 heteroatoms. The van der Waals surface area contributed by atoms with Gasteiger partial charge in [-0.1, -0.05) is 13.8 Å². The Kier molecular flexibility index (Phi) is 8.18. The number of carbonyl (C=O) groups is 1. The molecule has 132 valence electrons. The Morgan fingerprint density at radius 2 is 2.12 bits per heavy atom. The topological polar surface area (TPSA) is 85.8 Å². The van der Waals surface area contributed by atoms with Crippen molar-refractivity contribution >= 4 is 29.0 Å². The minimum absolute atomic E-state index is 0.215. The number of nitrogens with zero attached hydrogens (tertiary/aromatic N) is 1. The first-order valence-electron chi connectivity index (χ1n) is 7.78. The van der Waals surface area contributed by atoms with E-state index in [4.69, 9.17) is 17.0 Å². The van der Waals surface area contributed by atoms with E-state index in [1.54, 1.807) is 12.1 Å². The van der Waals surface area contributed by atoms with Crippen molar-refractivity contribution in [1.29, 1.82) is 0 Å². The normalized spacial score (nSPS) is 11.3. The molecule has 0 radical (unpaired) electrons. The predicted molar refractivity (Wildman–Crippen MR) is 97.1 cm³/mol. The van der Waals surface area contributed by atoms with Crippen LogP contribution in [0.15, 0.2) is 23.3 Å².